The molecule has 0 fully saturated rings. The molecule has 0 saturated heterocycles. The van der Waals surface area contributed by atoms with Gasteiger partial charge >= 0.3 is 5.97 Å². The van der Waals surface area contributed by atoms with E-state index in [1.165, 1.54) is 12.1 Å². The van der Waals surface area contributed by atoms with Crippen molar-refractivity contribution in [2.45, 2.75) is 26.8 Å². The van der Waals surface area contributed by atoms with Crippen LogP contribution in [0.1, 0.15) is 22.5 Å². The van der Waals surface area contributed by atoms with Crippen LogP contribution in [-0.2, 0) is 17.8 Å². The molecule has 0 unspecified atom stereocenters. The van der Waals surface area contributed by atoms with Gasteiger partial charge in [-0.3, -0.25) is 9.48 Å². The molecule has 0 aliphatic carbocycles. The van der Waals surface area contributed by atoms with Crippen molar-refractivity contribution in [3.05, 3.63) is 52.6 Å². The number of aryl methyl sites for hydroxylation is 1. The first-order chi connectivity index (χ1) is 8.97. The first-order valence-electron chi connectivity index (χ1n) is 5.96. The Bertz CT molecular complexity index is 620. The molecule has 0 aliphatic rings. The van der Waals surface area contributed by atoms with E-state index in [1.807, 2.05) is 13.0 Å². The lowest BCUT2D eigenvalue weighted by Gasteiger charge is -2.05. The second-order valence-corrected chi connectivity index (χ2v) is 4.51. The first kappa shape index (κ1) is 13.3. The van der Waals surface area contributed by atoms with Gasteiger partial charge in [0.25, 0.3) is 0 Å². The molecule has 2 rings (SSSR count). The normalized spacial score (nSPS) is 10.7. The maximum Gasteiger partial charge on any atom is 0.307 e. The zero-order valence-corrected chi connectivity index (χ0v) is 10.9. The zero-order valence-electron chi connectivity index (χ0n) is 10.9. The predicted molar refractivity (Wildman–Crippen MR) is 68.5 cm³/mol. The van der Waals surface area contributed by atoms with Gasteiger partial charge in [-0.1, -0.05) is 12.1 Å². The number of aliphatic carboxylic acids is 1. The van der Waals surface area contributed by atoms with E-state index < -0.39 is 5.97 Å². The lowest BCUT2D eigenvalue weighted by molar-refractivity contribution is -0.136. The van der Waals surface area contributed by atoms with Gasteiger partial charge in [0.2, 0.25) is 0 Å². The first-order valence-corrected chi connectivity index (χ1v) is 5.96. The molecule has 0 radical (unpaired) electrons. The van der Waals surface area contributed by atoms with Gasteiger partial charge in [0.15, 0.2) is 0 Å². The molecule has 1 N–H and O–H groups in total. The molecular formula is C14H15FN2O2. The number of rotatable bonds is 4. The molecule has 0 amide bonds. The summed E-state index contributed by atoms with van der Waals surface area (Å²) in [5.74, 6) is -1.17. The van der Waals surface area contributed by atoms with Gasteiger partial charge in [-0.2, -0.15) is 5.10 Å². The van der Waals surface area contributed by atoms with Crippen molar-refractivity contribution in [3.63, 3.8) is 0 Å². The molecule has 1 heterocycles. The van der Waals surface area contributed by atoms with Gasteiger partial charge < -0.3 is 5.11 Å². The smallest absolute Gasteiger partial charge is 0.307 e. The van der Waals surface area contributed by atoms with Crippen LogP contribution in [0.3, 0.4) is 0 Å². The fourth-order valence-corrected chi connectivity index (χ4v) is 2.10. The van der Waals surface area contributed by atoms with Crippen molar-refractivity contribution in [1.29, 1.82) is 0 Å². The summed E-state index contributed by atoms with van der Waals surface area (Å²) in [4.78, 5) is 10.8. The Kier molecular flexibility index (Phi) is 3.64. The van der Waals surface area contributed by atoms with Crippen molar-refractivity contribution >= 4 is 5.97 Å². The highest BCUT2D eigenvalue weighted by atomic mass is 19.1. The topological polar surface area (TPSA) is 55.1 Å². The Morgan fingerprint density at radius 1 is 1.42 bits per heavy atom. The van der Waals surface area contributed by atoms with Crippen LogP contribution in [0.5, 0.6) is 0 Å². The van der Waals surface area contributed by atoms with Crippen LogP contribution < -0.4 is 0 Å². The molecule has 2 aromatic rings. The number of halogens is 1. The Morgan fingerprint density at radius 2 is 2.16 bits per heavy atom. The molecule has 0 bridgehead atoms. The van der Waals surface area contributed by atoms with Crippen molar-refractivity contribution in [2.24, 2.45) is 0 Å². The average molecular weight is 262 g/mol. The van der Waals surface area contributed by atoms with Gasteiger partial charge in [0.05, 0.1) is 18.7 Å². The van der Waals surface area contributed by atoms with E-state index in [9.17, 15) is 9.18 Å². The molecule has 4 nitrogen and oxygen atoms in total. The van der Waals surface area contributed by atoms with Crippen LogP contribution in [0.2, 0.25) is 0 Å². The summed E-state index contributed by atoms with van der Waals surface area (Å²) in [6.45, 7) is 4.05. The Labute approximate surface area is 110 Å². The van der Waals surface area contributed by atoms with E-state index in [2.05, 4.69) is 5.10 Å². The maximum absolute atomic E-state index is 13.1. The van der Waals surface area contributed by atoms with E-state index in [4.69, 9.17) is 5.11 Å². The van der Waals surface area contributed by atoms with Crippen LogP contribution in [0.4, 0.5) is 4.39 Å². The predicted octanol–water partition coefficient (Wildman–Crippen LogP) is 2.31. The number of nitrogens with zero attached hydrogens (tertiary/aromatic N) is 2. The third-order valence-corrected chi connectivity index (χ3v) is 3.08. The Balaban J connectivity index is 2.29. The fraction of sp³-hybridized carbons (Fsp3) is 0.286. The second-order valence-electron chi connectivity index (χ2n) is 4.51. The van der Waals surface area contributed by atoms with E-state index in [1.54, 1.807) is 17.7 Å². The highest BCUT2D eigenvalue weighted by molar-refractivity contribution is 5.70. The third-order valence-electron chi connectivity index (χ3n) is 3.08. The minimum absolute atomic E-state index is 0.0409. The Morgan fingerprint density at radius 3 is 2.79 bits per heavy atom. The number of hydrogen-bond donors (Lipinski definition) is 1. The van der Waals surface area contributed by atoms with Gasteiger partial charge in [-0.05, 0) is 31.5 Å². The van der Waals surface area contributed by atoms with Crippen molar-refractivity contribution in [2.75, 3.05) is 0 Å². The summed E-state index contributed by atoms with van der Waals surface area (Å²) < 4.78 is 14.8. The molecule has 1 aromatic heterocycles. The van der Waals surface area contributed by atoms with E-state index in [0.717, 1.165) is 16.8 Å². The number of hydrogen-bond acceptors (Lipinski definition) is 2. The van der Waals surface area contributed by atoms with Crippen LogP contribution in [0, 0.1) is 19.7 Å². The average Bonchev–Trinajstić information content (AvgIpc) is 2.57. The molecule has 0 spiro atoms. The minimum atomic E-state index is -0.878. The van der Waals surface area contributed by atoms with Gasteiger partial charge in [-0.25, -0.2) is 4.39 Å². The number of benzene rings is 1. The SMILES string of the molecule is Cc1nn(Cc2cccc(F)c2)c(C)c1CC(=O)O. The van der Waals surface area contributed by atoms with Crippen LogP contribution in [0.25, 0.3) is 0 Å². The summed E-state index contributed by atoms with van der Waals surface area (Å²) in [5, 5.41) is 13.2. The monoisotopic (exact) mass is 262 g/mol. The third kappa shape index (κ3) is 2.99. The molecule has 5 heteroatoms. The van der Waals surface area contributed by atoms with E-state index in [0.29, 0.717) is 12.2 Å². The van der Waals surface area contributed by atoms with Gasteiger partial charge in [0.1, 0.15) is 5.82 Å². The van der Waals surface area contributed by atoms with Crippen molar-refractivity contribution in [3.8, 4) is 0 Å². The summed E-state index contributed by atoms with van der Waals surface area (Å²) in [5.41, 5.74) is 3.04. The highest BCUT2D eigenvalue weighted by Crippen LogP contribution is 2.15. The minimum Gasteiger partial charge on any atom is -0.481 e. The quantitative estimate of drug-likeness (QED) is 0.920. The van der Waals surface area contributed by atoms with E-state index in [-0.39, 0.29) is 12.2 Å². The van der Waals surface area contributed by atoms with Crippen LogP contribution in [-0.4, -0.2) is 20.9 Å². The summed E-state index contributed by atoms with van der Waals surface area (Å²) in [6, 6.07) is 6.30. The fourth-order valence-electron chi connectivity index (χ4n) is 2.10. The second kappa shape index (κ2) is 5.22. The highest BCUT2D eigenvalue weighted by Gasteiger charge is 2.14. The maximum atomic E-state index is 13.1. The standard InChI is InChI=1S/C14H15FN2O2/c1-9-13(7-14(18)19)10(2)17(16-9)8-11-4-3-5-12(15)6-11/h3-6H,7-8H2,1-2H3,(H,18,19). The van der Waals surface area contributed by atoms with Crippen LogP contribution in [0.15, 0.2) is 24.3 Å². The number of carboxylic acid groups (broad SMARTS) is 1. The van der Waals surface area contributed by atoms with Crippen molar-refractivity contribution in [1.82, 2.24) is 9.78 Å². The number of aromatic nitrogens is 2. The zero-order chi connectivity index (χ0) is 14.0. The molecule has 0 aliphatic heterocycles. The largest absolute Gasteiger partial charge is 0.481 e. The molecule has 100 valence electrons. The summed E-state index contributed by atoms with van der Waals surface area (Å²) >= 11 is 0. The van der Waals surface area contributed by atoms with Crippen LogP contribution >= 0.6 is 0 Å². The molecule has 1 aromatic carbocycles. The molecule has 0 atom stereocenters. The van der Waals surface area contributed by atoms with Gasteiger partial charge in [-0.15, -0.1) is 0 Å². The lowest BCUT2D eigenvalue weighted by atomic mass is 10.1. The number of carbonyl (C=O) groups is 1. The molecule has 19 heavy (non-hydrogen) atoms. The van der Waals surface area contributed by atoms with Crippen molar-refractivity contribution < 1.29 is 14.3 Å². The summed E-state index contributed by atoms with van der Waals surface area (Å²) in [6.07, 6.45) is -0.0409. The van der Waals surface area contributed by atoms with E-state index >= 15 is 0 Å². The molecule has 0 saturated carbocycles. The summed E-state index contributed by atoms with van der Waals surface area (Å²) in [7, 11) is 0. The lowest BCUT2D eigenvalue weighted by Crippen LogP contribution is -2.06. The Hall–Kier alpha value is -2.17. The molecular weight excluding hydrogens is 247 g/mol. The number of carboxylic acids is 1. The van der Waals surface area contributed by atoms with Gasteiger partial charge in [0, 0.05) is 11.3 Å².